The summed E-state index contributed by atoms with van der Waals surface area (Å²) in [5.74, 6) is 0.278. The van der Waals surface area contributed by atoms with E-state index < -0.39 is 0 Å². The van der Waals surface area contributed by atoms with Crippen LogP contribution >= 0.6 is 12.4 Å². The molecule has 32 heavy (non-hydrogen) atoms. The molecule has 0 atom stereocenters. The van der Waals surface area contributed by atoms with Gasteiger partial charge in [-0.15, -0.1) is 12.4 Å². The zero-order chi connectivity index (χ0) is 22.2. The molecular weight excluding hydrogens is 426 g/mol. The largest absolute Gasteiger partial charge is 0.395 e. The summed E-state index contributed by atoms with van der Waals surface area (Å²) in [6, 6.07) is 20.2. The van der Waals surface area contributed by atoms with Crippen molar-refractivity contribution in [2.45, 2.75) is 26.9 Å². The first kappa shape index (κ1) is 25.7. The lowest BCUT2D eigenvalue weighted by atomic mass is 10.0. The van der Waals surface area contributed by atoms with Crippen LogP contribution in [0.2, 0.25) is 0 Å². The Hall–Kier alpha value is -2.51. The Bertz CT molecular complexity index is 1010. The number of nitrogens with zero attached hydrogens (tertiary/aromatic N) is 3. The molecule has 0 aliphatic rings. The Kier molecular flexibility index (Phi) is 10.1. The maximum Gasteiger partial charge on any atom is 0.271 e. The smallest absolute Gasteiger partial charge is 0.271 e. The SMILES string of the molecule is CC(C)Cn1nc(-c2ccc(-c3ccccc3)cc2)cc(CN(CCO)CCO)c1=O.Cl. The fourth-order valence-corrected chi connectivity index (χ4v) is 3.58. The molecule has 0 saturated carbocycles. The lowest BCUT2D eigenvalue weighted by molar-refractivity contribution is 0.155. The molecule has 1 heterocycles. The Balaban J connectivity index is 0.00000363. The van der Waals surface area contributed by atoms with Crippen molar-refractivity contribution in [3.05, 3.63) is 76.6 Å². The molecule has 3 aromatic rings. The minimum atomic E-state index is -0.126. The zero-order valence-corrected chi connectivity index (χ0v) is 19.5. The minimum absolute atomic E-state index is 0. The van der Waals surface area contributed by atoms with Gasteiger partial charge in [-0.1, -0.05) is 68.4 Å². The fraction of sp³-hybridized carbons (Fsp3) is 0.360. The van der Waals surface area contributed by atoms with Crippen molar-refractivity contribution in [2.24, 2.45) is 5.92 Å². The number of halogens is 1. The predicted molar refractivity (Wildman–Crippen MR) is 131 cm³/mol. The average Bonchev–Trinajstić information content (AvgIpc) is 2.77. The van der Waals surface area contributed by atoms with Crippen molar-refractivity contribution >= 4 is 12.4 Å². The van der Waals surface area contributed by atoms with Crippen LogP contribution in [0, 0.1) is 5.92 Å². The lowest BCUT2D eigenvalue weighted by Crippen LogP contribution is -2.35. The molecule has 0 spiro atoms. The van der Waals surface area contributed by atoms with Crippen LogP contribution in [0.4, 0.5) is 0 Å². The van der Waals surface area contributed by atoms with E-state index in [1.807, 2.05) is 41.3 Å². The first-order valence-corrected chi connectivity index (χ1v) is 10.7. The van der Waals surface area contributed by atoms with Gasteiger partial charge in [-0.05, 0) is 23.1 Å². The van der Waals surface area contributed by atoms with Crippen LogP contribution in [-0.2, 0) is 13.1 Å². The van der Waals surface area contributed by atoms with Crippen molar-refractivity contribution in [1.29, 1.82) is 0 Å². The van der Waals surface area contributed by atoms with E-state index in [1.165, 1.54) is 4.68 Å². The molecule has 0 aliphatic heterocycles. The first-order valence-electron chi connectivity index (χ1n) is 10.7. The molecule has 3 rings (SSSR count). The van der Waals surface area contributed by atoms with Crippen molar-refractivity contribution < 1.29 is 10.2 Å². The van der Waals surface area contributed by atoms with Crippen LogP contribution < -0.4 is 5.56 Å². The molecule has 0 aliphatic carbocycles. The number of aromatic nitrogens is 2. The number of benzene rings is 2. The van der Waals surface area contributed by atoms with Crippen LogP contribution in [0.3, 0.4) is 0 Å². The van der Waals surface area contributed by atoms with Gasteiger partial charge in [0.1, 0.15) is 0 Å². The summed E-state index contributed by atoms with van der Waals surface area (Å²) >= 11 is 0. The molecule has 2 aromatic carbocycles. The lowest BCUT2D eigenvalue weighted by Gasteiger charge is -2.21. The van der Waals surface area contributed by atoms with Gasteiger partial charge in [-0.25, -0.2) is 4.68 Å². The third-order valence-electron chi connectivity index (χ3n) is 5.10. The molecule has 7 heteroatoms. The highest BCUT2D eigenvalue weighted by molar-refractivity contribution is 5.85. The topological polar surface area (TPSA) is 78.6 Å². The standard InChI is InChI=1S/C25H31N3O3.ClH/c1-19(2)17-28-25(31)23(18-27(12-14-29)13-15-30)16-24(26-28)22-10-8-21(9-11-22)20-6-4-3-5-7-20;/h3-11,16,19,29-30H,12-15,17-18H2,1-2H3;1H. The normalized spacial score (nSPS) is 11.1. The highest BCUT2D eigenvalue weighted by Crippen LogP contribution is 2.24. The van der Waals surface area contributed by atoms with Crippen LogP contribution in [0.5, 0.6) is 0 Å². The third kappa shape index (κ3) is 6.74. The summed E-state index contributed by atoms with van der Waals surface area (Å²) in [6.07, 6.45) is 0. The van der Waals surface area contributed by atoms with E-state index in [9.17, 15) is 15.0 Å². The maximum absolute atomic E-state index is 13.0. The van der Waals surface area contributed by atoms with Gasteiger partial charge in [-0.3, -0.25) is 9.69 Å². The van der Waals surface area contributed by atoms with Crippen molar-refractivity contribution in [3.63, 3.8) is 0 Å². The van der Waals surface area contributed by atoms with Gasteiger partial charge in [-0.2, -0.15) is 5.10 Å². The second kappa shape index (κ2) is 12.5. The second-order valence-corrected chi connectivity index (χ2v) is 8.10. The van der Waals surface area contributed by atoms with Crippen LogP contribution in [0.25, 0.3) is 22.4 Å². The van der Waals surface area contributed by atoms with E-state index >= 15 is 0 Å². The molecule has 0 saturated heterocycles. The van der Waals surface area contributed by atoms with Crippen LogP contribution in [0.15, 0.2) is 65.5 Å². The third-order valence-corrected chi connectivity index (χ3v) is 5.10. The van der Waals surface area contributed by atoms with Crippen molar-refractivity contribution in [2.75, 3.05) is 26.3 Å². The number of hydrogen-bond donors (Lipinski definition) is 2. The summed E-state index contributed by atoms with van der Waals surface area (Å²) < 4.78 is 1.54. The van der Waals surface area contributed by atoms with Gasteiger partial charge in [0, 0.05) is 37.3 Å². The van der Waals surface area contributed by atoms with E-state index in [0.717, 1.165) is 22.4 Å². The Labute approximate surface area is 195 Å². The monoisotopic (exact) mass is 457 g/mol. The van der Waals surface area contributed by atoms with E-state index in [2.05, 4.69) is 43.2 Å². The minimum Gasteiger partial charge on any atom is -0.395 e. The molecule has 0 bridgehead atoms. The van der Waals surface area contributed by atoms with Crippen LogP contribution in [0.1, 0.15) is 19.4 Å². The zero-order valence-electron chi connectivity index (χ0n) is 18.6. The van der Waals surface area contributed by atoms with Gasteiger partial charge in [0.05, 0.1) is 18.9 Å². The van der Waals surface area contributed by atoms with Gasteiger partial charge in [0.15, 0.2) is 0 Å². The Morgan fingerprint density at radius 3 is 2.03 bits per heavy atom. The van der Waals surface area contributed by atoms with Gasteiger partial charge < -0.3 is 10.2 Å². The molecule has 0 amide bonds. The summed E-state index contributed by atoms with van der Waals surface area (Å²) in [7, 11) is 0. The maximum atomic E-state index is 13.0. The van der Waals surface area contributed by atoms with Gasteiger partial charge in [0.25, 0.3) is 5.56 Å². The molecule has 0 radical (unpaired) electrons. The first-order chi connectivity index (χ1) is 15.0. The molecular formula is C25H32ClN3O3. The fourth-order valence-electron chi connectivity index (χ4n) is 3.58. The van der Waals surface area contributed by atoms with E-state index in [-0.39, 0.29) is 37.1 Å². The van der Waals surface area contributed by atoms with E-state index in [0.29, 0.717) is 31.7 Å². The highest BCUT2D eigenvalue weighted by atomic mass is 35.5. The van der Waals surface area contributed by atoms with Crippen molar-refractivity contribution in [3.8, 4) is 22.4 Å². The summed E-state index contributed by atoms with van der Waals surface area (Å²) in [5, 5.41) is 23.3. The second-order valence-electron chi connectivity index (χ2n) is 8.10. The molecule has 0 fully saturated rings. The molecule has 1 aromatic heterocycles. The number of aliphatic hydroxyl groups is 2. The molecule has 6 nitrogen and oxygen atoms in total. The number of hydrogen-bond acceptors (Lipinski definition) is 5. The highest BCUT2D eigenvalue weighted by Gasteiger charge is 2.14. The molecule has 2 N–H and O–H groups in total. The summed E-state index contributed by atoms with van der Waals surface area (Å²) in [6.45, 7) is 5.73. The van der Waals surface area contributed by atoms with Crippen molar-refractivity contribution in [1.82, 2.24) is 14.7 Å². The van der Waals surface area contributed by atoms with Gasteiger partial charge in [0.2, 0.25) is 0 Å². The van der Waals surface area contributed by atoms with E-state index in [1.54, 1.807) is 0 Å². The summed E-state index contributed by atoms with van der Waals surface area (Å²) in [4.78, 5) is 14.9. The predicted octanol–water partition coefficient (Wildman–Crippen LogP) is 3.44. The van der Waals surface area contributed by atoms with Crippen LogP contribution in [-0.4, -0.2) is 51.2 Å². The number of aliphatic hydroxyl groups excluding tert-OH is 2. The Morgan fingerprint density at radius 2 is 1.47 bits per heavy atom. The molecule has 0 unspecified atom stereocenters. The quantitative estimate of drug-likeness (QED) is 0.487. The Morgan fingerprint density at radius 1 is 0.906 bits per heavy atom. The summed E-state index contributed by atoms with van der Waals surface area (Å²) in [5.41, 5.74) is 4.43. The number of rotatable bonds is 10. The van der Waals surface area contributed by atoms with Gasteiger partial charge >= 0.3 is 0 Å². The average molecular weight is 458 g/mol. The molecule has 172 valence electrons. The van der Waals surface area contributed by atoms with E-state index in [4.69, 9.17) is 0 Å².